The lowest BCUT2D eigenvalue weighted by molar-refractivity contribution is -0.254. The molecule has 0 spiro atoms. The van der Waals surface area contributed by atoms with E-state index < -0.39 is 11.9 Å². The van der Waals surface area contributed by atoms with E-state index >= 15 is 0 Å². The highest BCUT2D eigenvalue weighted by molar-refractivity contribution is 7.16. The molecule has 0 aliphatic heterocycles. The molecule has 2 aromatic rings. The Hall–Kier alpha value is -2.08. The van der Waals surface area contributed by atoms with Crippen LogP contribution in [0.1, 0.15) is 31.4 Å². The van der Waals surface area contributed by atoms with Gasteiger partial charge in [-0.05, 0) is 31.5 Å². The zero-order chi connectivity index (χ0) is 13.3. The lowest BCUT2D eigenvalue weighted by atomic mass is 10.1. The maximum atomic E-state index is 11.8. The molecule has 94 valence electrons. The molecule has 0 saturated heterocycles. The number of furan rings is 1. The van der Waals surface area contributed by atoms with Gasteiger partial charge >= 0.3 is 0 Å². The average molecular weight is 264 g/mol. The highest BCUT2D eigenvalue weighted by Gasteiger charge is 2.17. The predicted molar refractivity (Wildman–Crippen MR) is 64.8 cm³/mol. The average Bonchev–Trinajstić information content (AvgIpc) is 2.88. The van der Waals surface area contributed by atoms with Crippen LogP contribution in [0.15, 0.2) is 22.8 Å². The molecule has 2 rings (SSSR count). The molecule has 0 aromatic carbocycles. The number of anilines is 1. The number of carboxylic acids is 1. The van der Waals surface area contributed by atoms with Gasteiger partial charge < -0.3 is 19.6 Å². The molecule has 0 atom stereocenters. The van der Waals surface area contributed by atoms with Gasteiger partial charge in [0.15, 0.2) is 5.76 Å². The lowest BCUT2D eigenvalue weighted by Crippen LogP contribution is -2.24. The van der Waals surface area contributed by atoms with Crippen LogP contribution >= 0.6 is 11.3 Å². The van der Waals surface area contributed by atoms with Gasteiger partial charge in [-0.3, -0.25) is 4.79 Å². The molecule has 18 heavy (non-hydrogen) atoms. The van der Waals surface area contributed by atoms with Crippen LogP contribution in [-0.2, 0) is 0 Å². The third-order valence-corrected chi connectivity index (χ3v) is 3.68. The fraction of sp³-hybridized carbons (Fsp3) is 0.167. The van der Waals surface area contributed by atoms with Crippen molar-refractivity contribution in [3.63, 3.8) is 0 Å². The third-order valence-electron chi connectivity index (χ3n) is 2.56. The fourth-order valence-electron chi connectivity index (χ4n) is 1.53. The highest BCUT2D eigenvalue weighted by atomic mass is 32.1. The summed E-state index contributed by atoms with van der Waals surface area (Å²) < 4.78 is 4.93. The summed E-state index contributed by atoms with van der Waals surface area (Å²) in [5, 5.41) is 13.8. The summed E-state index contributed by atoms with van der Waals surface area (Å²) in [5.74, 6) is -1.65. The Morgan fingerprint density at radius 1 is 1.39 bits per heavy atom. The SMILES string of the molecule is Cc1sc(NC(=O)c2ccco2)c(C(=O)[O-])c1C. The summed E-state index contributed by atoms with van der Waals surface area (Å²) in [5.41, 5.74) is 0.632. The molecule has 6 heteroatoms. The van der Waals surface area contributed by atoms with Crippen LogP contribution in [0.4, 0.5) is 5.00 Å². The molecular formula is C12H10NO4S-. The molecule has 0 bridgehead atoms. The second kappa shape index (κ2) is 4.66. The normalized spacial score (nSPS) is 10.3. The van der Waals surface area contributed by atoms with Crippen LogP contribution in [0.25, 0.3) is 0 Å². The third kappa shape index (κ3) is 2.14. The van der Waals surface area contributed by atoms with E-state index in [0.717, 1.165) is 4.88 Å². The summed E-state index contributed by atoms with van der Waals surface area (Å²) >= 11 is 1.20. The van der Waals surface area contributed by atoms with Crippen LogP contribution in [0, 0.1) is 13.8 Å². The molecule has 0 unspecified atom stereocenters. The van der Waals surface area contributed by atoms with Crippen molar-refractivity contribution in [2.75, 3.05) is 5.32 Å². The first-order valence-electron chi connectivity index (χ1n) is 5.17. The largest absolute Gasteiger partial charge is 0.545 e. The van der Waals surface area contributed by atoms with Crippen LogP contribution in [-0.4, -0.2) is 11.9 Å². The van der Waals surface area contributed by atoms with E-state index in [4.69, 9.17) is 4.42 Å². The number of carbonyl (C=O) groups excluding carboxylic acids is 2. The Kier molecular flexibility index (Phi) is 3.20. The van der Waals surface area contributed by atoms with Crippen molar-refractivity contribution in [3.8, 4) is 0 Å². The lowest BCUT2D eigenvalue weighted by Gasteiger charge is -2.06. The minimum atomic E-state index is -1.30. The van der Waals surface area contributed by atoms with Gasteiger partial charge in [0.2, 0.25) is 0 Å². The number of carbonyl (C=O) groups is 2. The Morgan fingerprint density at radius 3 is 2.67 bits per heavy atom. The Morgan fingerprint density at radius 2 is 2.11 bits per heavy atom. The van der Waals surface area contributed by atoms with E-state index in [-0.39, 0.29) is 16.3 Å². The quantitative estimate of drug-likeness (QED) is 0.912. The van der Waals surface area contributed by atoms with Gasteiger partial charge in [0.1, 0.15) is 5.00 Å². The molecule has 1 amide bonds. The molecule has 1 N–H and O–H groups in total. The fourth-order valence-corrected chi connectivity index (χ4v) is 2.58. The summed E-state index contributed by atoms with van der Waals surface area (Å²) in [6.45, 7) is 3.47. The van der Waals surface area contributed by atoms with Crippen molar-refractivity contribution in [2.24, 2.45) is 0 Å². The standard InChI is InChI=1S/C12H11NO4S/c1-6-7(2)18-11(9(6)12(15)16)13-10(14)8-4-3-5-17-8/h3-5H,1-2H3,(H,13,14)(H,15,16)/p-1. The summed E-state index contributed by atoms with van der Waals surface area (Å²) in [6, 6.07) is 3.08. The number of hydrogen-bond donors (Lipinski definition) is 1. The van der Waals surface area contributed by atoms with Crippen molar-refractivity contribution in [1.82, 2.24) is 0 Å². The summed E-state index contributed by atoms with van der Waals surface area (Å²) in [7, 11) is 0. The zero-order valence-electron chi connectivity index (χ0n) is 9.77. The van der Waals surface area contributed by atoms with E-state index in [0.29, 0.717) is 5.56 Å². The maximum absolute atomic E-state index is 11.8. The van der Waals surface area contributed by atoms with Crippen molar-refractivity contribution in [1.29, 1.82) is 0 Å². The number of carboxylic acid groups (broad SMARTS) is 1. The maximum Gasteiger partial charge on any atom is 0.291 e. The Bertz CT molecular complexity index is 598. The monoisotopic (exact) mass is 264 g/mol. The smallest absolute Gasteiger partial charge is 0.291 e. The Labute approximate surface area is 107 Å². The first-order valence-corrected chi connectivity index (χ1v) is 5.98. The first-order chi connectivity index (χ1) is 8.50. The number of hydrogen-bond acceptors (Lipinski definition) is 5. The van der Waals surface area contributed by atoms with Crippen LogP contribution < -0.4 is 10.4 Å². The summed E-state index contributed by atoms with van der Waals surface area (Å²) in [4.78, 5) is 23.6. The van der Waals surface area contributed by atoms with Gasteiger partial charge in [-0.25, -0.2) is 0 Å². The zero-order valence-corrected chi connectivity index (χ0v) is 10.6. The molecule has 2 aromatic heterocycles. The van der Waals surface area contributed by atoms with Crippen molar-refractivity contribution in [2.45, 2.75) is 13.8 Å². The van der Waals surface area contributed by atoms with Gasteiger partial charge in [0.05, 0.1) is 12.2 Å². The first kappa shape index (κ1) is 12.4. The topological polar surface area (TPSA) is 82.4 Å². The Balaban J connectivity index is 2.32. The minimum Gasteiger partial charge on any atom is -0.545 e. The van der Waals surface area contributed by atoms with Gasteiger partial charge in [-0.2, -0.15) is 0 Å². The number of aromatic carboxylic acids is 1. The van der Waals surface area contributed by atoms with E-state index in [1.807, 2.05) is 0 Å². The van der Waals surface area contributed by atoms with Gasteiger partial charge in [-0.1, -0.05) is 0 Å². The van der Waals surface area contributed by atoms with E-state index in [2.05, 4.69) is 5.32 Å². The molecule has 0 aliphatic carbocycles. The summed E-state index contributed by atoms with van der Waals surface area (Å²) in [6.07, 6.45) is 1.37. The molecule has 5 nitrogen and oxygen atoms in total. The number of rotatable bonds is 3. The van der Waals surface area contributed by atoms with Crippen molar-refractivity contribution in [3.05, 3.63) is 40.2 Å². The second-order valence-corrected chi connectivity index (χ2v) is 4.93. The molecule has 0 saturated carbocycles. The molecule has 0 radical (unpaired) electrons. The van der Waals surface area contributed by atoms with Gasteiger partial charge in [-0.15, -0.1) is 11.3 Å². The van der Waals surface area contributed by atoms with E-state index in [1.165, 1.54) is 23.7 Å². The number of amides is 1. The van der Waals surface area contributed by atoms with Crippen LogP contribution in [0.3, 0.4) is 0 Å². The van der Waals surface area contributed by atoms with Crippen LogP contribution in [0.5, 0.6) is 0 Å². The molecule has 0 aliphatic rings. The molecule has 2 heterocycles. The predicted octanol–water partition coefficient (Wildman–Crippen LogP) is 1.57. The van der Waals surface area contributed by atoms with Crippen molar-refractivity contribution < 1.29 is 19.1 Å². The van der Waals surface area contributed by atoms with E-state index in [1.54, 1.807) is 19.9 Å². The van der Waals surface area contributed by atoms with Gasteiger partial charge in [0, 0.05) is 10.4 Å². The number of aryl methyl sites for hydroxylation is 1. The van der Waals surface area contributed by atoms with Gasteiger partial charge in [0.25, 0.3) is 5.91 Å². The van der Waals surface area contributed by atoms with Crippen molar-refractivity contribution >= 4 is 28.2 Å². The van der Waals surface area contributed by atoms with E-state index in [9.17, 15) is 14.7 Å². The number of thiophene rings is 1. The minimum absolute atomic E-state index is 0.0254. The number of nitrogens with one attached hydrogen (secondary N) is 1. The van der Waals surface area contributed by atoms with Crippen LogP contribution in [0.2, 0.25) is 0 Å². The molecule has 0 fully saturated rings. The molecular weight excluding hydrogens is 254 g/mol. The second-order valence-electron chi connectivity index (χ2n) is 3.71. The highest BCUT2D eigenvalue weighted by Crippen LogP contribution is 2.32.